The number of halogens is 2. The highest BCUT2D eigenvalue weighted by atomic mass is 35.5. The lowest BCUT2D eigenvalue weighted by Gasteiger charge is -2.08. The summed E-state index contributed by atoms with van der Waals surface area (Å²) in [4.78, 5) is 8.68. The van der Waals surface area contributed by atoms with Crippen LogP contribution < -0.4 is 0 Å². The van der Waals surface area contributed by atoms with Crippen molar-refractivity contribution >= 4 is 34.2 Å². The summed E-state index contributed by atoms with van der Waals surface area (Å²) in [5, 5.41) is 2.46. The fourth-order valence-electron chi connectivity index (χ4n) is 2.24. The molecular formula is C15H13Cl2N3. The van der Waals surface area contributed by atoms with Crippen molar-refractivity contribution in [2.75, 3.05) is 0 Å². The second kappa shape index (κ2) is 5.43. The van der Waals surface area contributed by atoms with E-state index in [0.29, 0.717) is 10.0 Å². The zero-order valence-electron chi connectivity index (χ0n) is 11.0. The van der Waals surface area contributed by atoms with E-state index in [1.54, 1.807) is 0 Å². The van der Waals surface area contributed by atoms with Crippen LogP contribution in [0.15, 0.2) is 36.7 Å². The molecule has 0 spiro atoms. The molecule has 0 aliphatic heterocycles. The highest BCUT2D eigenvalue weighted by Gasteiger charge is 2.08. The Labute approximate surface area is 127 Å². The maximum absolute atomic E-state index is 6.19. The Morgan fingerprint density at radius 1 is 1.15 bits per heavy atom. The number of aromatic nitrogens is 3. The molecule has 0 radical (unpaired) electrons. The van der Waals surface area contributed by atoms with Crippen LogP contribution in [0.2, 0.25) is 10.0 Å². The predicted octanol–water partition coefficient (Wildman–Crippen LogP) is 4.29. The van der Waals surface area contributed by atoms with Gasteiger partial charge in [-0.25, -0.2) is 9.97 Å². The van der Waals surface area contributed by atoms with Gasteiger partial charge in [0, 0.05) is 34.4 Å². The van der Waals surface area contributed by atoms with E-state index in [0.717, 1.165) is 35.4 Å². The van der Waals surface area contributed by atoms with Crippen LogP contribution in [0, 0.1) is 6.92 Å². The van der Waals surface area contributed by atoms with E-state index in [1.807, 2.05) is 43.6 Å². The van der Waals surface area contributed by atoms with Gasteiger partial charge in [0.05, 0.1) is 0 Å². The smallest absolute Gasteiger partial charge is 0.143 e. The molecule has 0 unspecified atom stereocenters. The molecule has 5 heteroatoms. The first-order valence-electron chi connectivity index (χ1n) is 6.36. The normalized spacial score (nSPS) is 11.2. The molecule has 0 bridgehead atoms. The minimum absolute atomic E-state index is 0.708. The van der Waals surface area contributed by atoms with Crippen molar-refractivity contribution in [1.29, 1.82) is 0 Å². The zero-order valence-corrected chi connectivity index (χ0v) is 12.5. The van der Waals surface area contributed by atoms with Crippen LogP contribution >= 0.6 is 23.2 Å². The van der Waals surface area contributed by atoms with Crippen molar-refractivity contribution in [1.82, 2.24) is 14.5 Å². The molecule has 0 aliphatic rings. The topological polar surface area (TPSA) is 30.7 Å². The Kier molecular flexibility index (Phi) is 3.64. The number of benzene rings is 1. The molecule has 0 atom stereocenters. The third-order valence-corrected chi connectivity index (χ3v) is 4.00. The van der Waals surface area contributed by atoms with Crippen LogP contribution in [-0.2, 0) is 13.0 Å². The van der Waals surface area contributed by atoms with Gasteiger partial charge in [0.2, 0.25) is 0 Å². The summed E-state index contributed by atoms with van der Waals surface area (Å²) in [5.41, 5.74) is 1.92. The maximum Gasteiger partial charge on any atom is 0.143 e. The van der Waals surface area contributed by atoms with Gasteiger partial charge in [0.15, 0.2) is 0 Å². The number of rotatable bonds is 3. The summed E-state index contributed by atoms with van der Waals surface area (Å²) in [7, 11) is 0. The highest BCUT2D eigenvalue weighted by molar-refractivity contribution is 6.35. The number of aryl methyl sites for hydroxylation is 2. The Hall–Kier alpha value is -1.58. The van der Waals surface area contributed by atoms with Crippen molar-refractivity contribution in [3.05, 3.63) is 58.1 Å². The van der Waals surface area contributed by atoms with Crippen LogP contribution in [0.4, 0.5) is 0 Å². The number of nitrogens with zero attached hydrogens (tertiary/aromatic N) is 3. The van der Waals surface area contributed by atoms with Gasteiger partial charge in [-0.15, -0.1) is 0 Å². The minimum atomic E-state index is 0.708. The summed E-state index contributed by atoms with van der Waals surface area (Å²) >= 11 is 12.4. The van der Waals surface area contributed by atoms with E-state index < -0.39 is 0 Å². The average molecular weight is 306 g/mol. The van der Waals surface area contributed by atoms with Gasteiger partial charge < -0.3 is 4.57 Å². The van der Waals surface area contributed by atoms with E-state index >= 15 is 0 Å². The molecule has 3 rings (SSSR count). The Morgan fingerprint density at radius 2 is 1.90 bits per heavy atom. The van der Waals surface area contributed by atoms with Crippen molar-refractivity contribution in [2.45, 2.75) is 19.9 Å². The van der Waals surface area contributed by atoms with Crippen molar-refractivity contribution in [2.24, 2.45) is 0 Å². The first-order valence-corrected chi connectivity index (χ1v) is 7.12. The molecule has 20 heavy (non-hydrogen) atoms. The third kappa shape index (κ3) is 2.51. The molecule has 1 aromatic carbocycles. The maximum atomic E-state index is 6.19. The molecule has 0 N–H and O–H groups in total. The second-order valence-corrected chi connectivity index (χ2v) is 5.47. The van der Waals surface area contributed by atoms with E-state index in [2.05, 4.69) is 14.5 Å². The Morgan fingerprint density at radius 3 is 2.65 bits per heavy atom. The molecular weight excluding hydrogens is 293 g/mol. The van der Waals surface area contributed by atoms with E-state index in [9.17, 15) is 0 Å². The molecule has 2 aromatic heterocycles. The number of fused-ring (bicyclic) bond motifs is 1. The lowest BCUT2D eigenvalue weighted by Crippen LogP contribution is -2.02. The average Bonchev–Trinajstić information content (AvgIpc) is 2.81. The first-order chi connectivity index (χ1) is 9.65. The monoisotopic (exact) mass is 305 g/mol. The van der Waals surface area contributed by atoms with Crippen molar-refractivity contribution in [3.8, 4) is 0 Å². The largest absolute Gasteiger partial charge is 0.332 e. The predicted molar refractivity (Wildman–Crippen MR) is 82.4 cm³/mol. The summed E-state index contributed by atoms with van der Waals surface area (Å²) < 4.78 is 2.10. The molecule has 102 valence electrons. The molecule has 0 saturated heterocycles. The van der Waals surface area contributed by atoms with Crippen LogP contribution in [-0.4, -0.2) is 14.5 Å². The molecule has 0 saturated carbocycles. The Balaban J connectivity index is 1.89. The standard InChI is InChI=1S/C15H13Cl2N3/c1-10-18-9-11-5-7-20(15(11)19-10)8-6-12-13(16)3-2-4-14(12)17/h2-5,7,9H,6,8H2,1H3. The van der Waals surface area contributed by atoms with Gasteiger partial charge >= 0.3 is 0 Å². The molecule has 0 fully saturated rings. The summed E-state index contributed by atoms with van der Waals surface area (Å²) in [6, 6.07) is 7.60. The highest BCUT2D eigenvalue weighted by Crippen LogP contribution is 2.25. The fraction of sp³-hybridized carbons (Fsp3) is 0.200. The lowest BCUT2D eigenvalue weighted by atomic mass is 10.1. The van der Waals surface area contributed by atoms with Crippen LogP contribution in [0.1, 0.15) is 11.4 Å². The van der Waals surface area contributed by atoms with Crippen molar-refractivity contribution < 1.29 is 0 Å². The second-order valence-electron chi connectivity index (χ2n) is 4.66. The van der Waals surface area contributed by atoms with Gasteiger partial charge in [0.1, 0.15) is 11.5 Å². The first kappa shape index (κ1) is 13.4. The van der Waals surface area contributed by atoms with E-state index in [1.165, 1.54) is 0 Å². The van der Waals surface area contributed by atoms with E-state index in [4.69, 9.17) is 23.2 Å². The number of hydrogen-bond donors (Lipinski definition) is 0. The minimum Gasteiger partial charge on any atom is -0.332 e. The molecule has 2 heterocycles. The molecule has 3 aromatic rings. The summed E-state index contributed by atoms with van der Waals surface area (Å²) in [5.74, 6) is 0.772. The van der Waals surface area contributed by atoms with Crippen LogP contribution in [0.5, 0.6) is 0 Å². The molecule has 3 nitrogen and oxygen atoms in total. The molecule has 0 aliphatic carbocycles. The lowest BCUT2D eigenvalue weighted by molar-refractivity contribution is 0.714. The van der Waals surface area contributed by atoms with Gasteiger partial charge in [-0.1, -0.05) is 29.3 Å². The number of hydrogen-bond acceptors (Lipinski definition) is 2. The van der Waals surface area contributed by atoms with Crippen LogP contribution in [0.3, 0.4) is 0 Å². The fourth-order valence-corrected chi connectivity index (χ4v) is 2.83. The van der Waals surface area contributed by atoms with Gasteiger partial charge in [0.25, 0.3) is 0 Å². The zero-order chi connectivity index (χ0) is 14.1. The summed E-state index contributed by atoms with van der Waals surface area (Å²) in [6.45, 7) is 2.67. The quantitative estimate of drug-likeness (QED) is 0.722. The van der Waals surface area contributed by atoms with Gasteiger partial charge in [-0.2, -0.15) is 0 Å². The van der Waals surface area contributed by atoms with Crippen LogP contribution in [0.25, 0.3) is 11.0 Å². The van der Waals surface area contributed by atoms with E-state index in [-0.39, 0.29) is 0 Å². The SMILES string of the molecule is Cc1ncc2ccn(CCc3c(Cl)cccc3Cl)c2n1. The van der Waals surface area contributed by atoms with Gasteiger partial charge in [-0.3, -0.25) is 0 Å². The Bertz CT molecular complexity index is 745. The summed E-state index contributed by atoms with van der Waals surface area (Å²) in [6.07, 6.45) is 4.63. The van der Waals surface area contributed by atoms with Crippen molar-refractivity contribution in [3.63, 3.8) is 0 Å². The molecule has 0 amide bonds. The van der Waals surface area contributed by atoms with Gasteiger partial charge in [-0.05, 0) is 37.1 Å². The third-order valence-electron chi connectivity index (χ3n) is 3.29.